The summed E-state index contributed by atoms with van der Waals surface area (Å²) in [5.74, 6) is 0.987. The highest BCUT2D eigenvalue weighted by molar-refractivity contribution is 5.97. The Balaban J connectivity index is 1.57. The van der Waals surface area contributed by atoms with Gasteiger partial charge < -0.3 is 19.5 Å². The molecule has 0 saturated carbocycles. The minimum atomic E-state index is -0.233. The van der Waals surface area contributed by atoms with E-state index in [4.69, 9.17) is 4.74 Å². The van der Waals surface area contributed by atoms with Crippen LogP contribution in [0, 0.1) is 0 Å². The van der Waals surface area contributed by atoms with Gasteiger partial charge in [-0.15, -0.1) is 0 Å². The Labute approximate surface area is 158 Å². The number of para-hydroxylation sites is 1. The van der Waals surface area contributed by atoms with Gasteiger partial charge in [0.25, 0.3) is 5.56 Å². The molecule has 1 saturated heterocycles. The van der Waals surface area contributed by atoms with Crippen molar-refractivity contribution in [3.63, 3.8) is 0 Å². The van der Waals surface area contributed by atoms with Gasteiger partial charge in [0.05, 0.1) is 19.6 Å². The zero-order valence-corrected chi connectivity index (χ0v) is 15.5. The summed E-state index contributed by atoms with van der Waals surface area (Å²) in [6.07, 6.45) is 1.84. The number of hydrogen-bond acceptors (Lipinski definition) is 5. The van der Waals surface area contributed by atoms with Crippen molar-refractivity contribution in [2.75, 3.05) is 36.1 Å². The van der Waals surface area contributed by atoms with Crippen LogP contribution < -0.4 is 15.4 Å². The predicted molar refractivity (Wildman–Crippen MR) is 103 cm³/mol. The van der Waals surface area contributed by atoms with Gasteiger partial charge in [0, 0.05) is 30.9 Å². The van der Waals surface area contributed by atoms with Crippen LogP contribution in [0.1, 0.15) is 24.7 Å². The number of anilines is 2. The van der Waals surface area contributed by atoms with Crippen LogP contribution in [0.15, 0.2) is 35.1 Å². The third-order valence-electron chi connectivity index (χ3n) is 5.24. The smallest absolute Gasteiger partial charge is 0.252 e. The number of ether oxygens (including phenoxy) is 1. The van der Waals surface area contributed by atoms with Crippen LogP contribution in [0.5, 0.6) is 0 Å². The lowest BCUT2D eigenvalue weighted by molar-refractivity contribution is -0.118. The molecule has 0 unspecified atom stereocenters. The number of amides is 1. The largest absolute Gasteiger partial charge is 0.378 e. The van der Waals surface area contributed by atoms with Crippen molar-refractivity contribution in [1.82, 2.24) is 9.97 Å². The maximum absolute atomic E-state index is 13.1. The SMILES string of the molecule is CC[C@H]1Cc2ccccc2N1C(=O)Cc1nc(N2CCOCC2)cc(=O)[nH]1. The molecule has 1 N–H and O–H groups in total. The summed E-state index contributed by atoms with van der Waals surface area (Å²) in [6, 6.07) is 9.66. The Kier molecular flexibility index (Phi) is 4.94. The Bertz CT molecular complexity index is 889. The number of aromatic nitrogens is 2. The number of carbonyl (C=O) groups excluding carboxylic acids is 1. The van der Waals surface area contributed by atoms with Gasteiger partial charge in [-0.1, -0.05) is 25.1 Å². The number of rotatable bonds is 4. The van der Waals surface area contributed by atoms with Crippen LogP contribution in [0.3, 0.4) is 0 Å². The maximum Gasteiger partial charge on any atom is 0.252 e. The number of aromatic amines is 1. The highest BCUT2D eigenvalue weighted by atomic mass is 16.5. The van der Waals surface area contributed by atoms with Gasteiger partial charge in [0.15, 0.2) is 0 Å². The van der Waals surface area contributed by atoms with Crippen LogP contribution in [0.2, 0.25) is 0 Å². The number of H-pyrrole nitrogens is 1. The molecule has 27 heavy (non-hydrogen) atoms. The third kappa shape index (κ3) is 3.60. The van der Waals surface area contributed by atoms with Crippen molar-refractivity contribution in [2.45, 2.75) is 32.2 Å². The van der Waals surface area contributed by atoms with Gasteiger partial charge >= 0.3 is 0 Å². The molecular weight excluding hydrogens is 344 g/mol. The molecule has 1 aromatic heterocycles. The van der Waals surface area contributed by atoms with Crippen LogP contribution in [0.25, 0.3) is 0 Å². The van der Waals surface area contributed by atoms with E-state index in [9.17, 15) is 9.59 Å². The Morgan fingerprint density at radius 2 is 2.07 bits per heavy atom. The summed E-state index contributed by atoms with van der Waals surface area (Å²) in [6.45, 7) is 4.72. The second-order valence-electron chi connectivity index (χ2n) is 6.99. The first-order chi connectivity index (χ1) is 13.2. The quantitative estimate of drug-likeness (QED) is 0.885. The number of carbonyl (C=O) groups is 1. The zero-order chi connectivity index (χ0) is 18.8. The first-order valence-electron chi connectivity index (χ1n) is 9.48. The predicted octanol–water partition coefficient (Wildman–Crippen LogP) is 1.52. The number of fused-ring (bicyclic) bond motifs is 1. The molecule has 3 heterocycles. The zero-order valence-electron chi connectivity index (χ0n) is 15.5. The molecule has 7 nitrogen and oxygen atoms in total. The number of nitrogens with zero attached hydrogens (tertiary/aromatic N) is 3. The van der Waals surface area contributed by atoms with Crippen molar-refractivity contribution in [3.8, 4) is 0 Å². The lowest BCUT2D eigenvalue weighted by Crippen LogP contribution is -2.39. The molecule has 2 aliphatic heterocycles. The van der Waals surface area contributed by atoms with Crippen LogP contribution in [-0.4, -0.2) is 48.2 Å². The Morgan fingerprint density at radius 1 is 1.30 bits per heavy atom. The standard InChI is InChI=1S/C20H24N4O3/c1-2-15-11-14-5-3-4-6-16(14)24(15)20(26)12-17-21-18(13-19(25)22-17)23-7-9-27-10-8-23/h3-6,13,15H,2,7-12H2,1H3,(H,21,22,25)/t15-/m0/s1. The van der Waals surface area contributed by atoms with Gasteiger partial charge in [0.1, 0.15) is 11.6 Å². The lowest BCUT2D eigenvalue weighted by Gasteiger charge is -2.28. The molecule has 1 aromatic carbocycles. The summed E-state index contributed by atoms with van der Waals surface area (Å²) < 4.78 is 5.35. The second kappa shape index (κ2) is 7.52. The highest BCUT2D eigenvalue weighted by Gasteiger charge is 2.32. The van der Waals surface area contributed by atoms with E-state index < -0.39 is 0 Å². The molecule has 0 bridgehead atoms. The van der Waals surface area contributed by atoms with Crippen molar-refractivity contribution in [2.24, 2.45) is 0 Å². The normalized spacial score (nSPS) is 19.2. The topological polar surface area (TPSA) is 78.5 Å². The molecule has 1 atom stereocenters. The van der Waals surface area contributed by atoms with Crippen molar-refractivity contribution in [3.05, 3.63) is 52.1 Å². The molecule has 0 spiro atoms. The minimum absolute atomic E-state index is 0.0333. The van der Waals surface area contributed by atoms with Crippen LogP contribution in [0.4, 0.5) is 11.5 Å². The summed E-state index contributed by atoms with van der Waals surface area (Å²) in [5, 5.41) is 0. The van der Waals surface area contributed by atoms with Gasteiger partial charge in [-0.05, 0) is 24.5 Å². The highest BCUT2D eigenvalue weighted by Crippen LogP contribution is 2.33. The fourth-order valence-electron chi connectivity index (χ4n) is 3.89. The molecule has 1 amide bonds. The first kappa shape index (κ1) is 17.7. The van der Waals surface area contributed by atoms with E-state index in [-0.39, 0.29) is 23.9 Å². The second-order valence-corrected chi connectivity index (χ2v) is 6.99. The monoisotopic (exact) mass is 368 g/mol. The number of morpholine rings is 1. The maximum atomic E-state index is 13.1. The minimum Gasteiger partial charge on any atom is -0.378 e. The van der Waals surface area contributed by atoms with E-state index in [1.165, 1.54) is 11.6 Å². The van der Waals surface area contributed by atoms with Crippen molar-refractivity contribution in [1.29, 1.82) is 0 Å². The van der Waals surface area contributed by atoms with Gasteiger partial charge in [-0.2, -0.15) is 0 Å². The van der Waals surface area contributed by atoms with E-state index in [0.29, 0.717) is 37.9 Å². The van der Waals surface area contributed by atoms with E-state index >= 15 is 0 Å². The van der Waals surface area contributed by atoms with E-state index in [0.717, 1.165) is 18.5 Å². The number of hydrogen-bond donors (Lipinski definition) is 1. The molecule has 142 valence electrons. The molecule has 7 heteroatoms. The Morgan fingerprint density at radius 3 is 2.85 bits per heavy atom. The fraction of sp³-hybridized carbons (Fsp3) is 0.450. The van der Waals surface area contributed by atoms with Crippen LogP contribution in [-0.2, 0) is 22.4 Å². The van der Waals surface area contributed by atoms with Crippen molar-refractivity contribution < 1.29 is 9.53 Å². The molecule has 1 fully saturated rings. The molecule has 2 aliphatic rings. The summed E-state index contributed by atoms with van der Waals surface area (Å²) in [4.78, 5) is 36.3. The summed E-state index contributed by atoms with van der Waals surface area (Å²) >= 11 is 0. The average Bonchev–Trinajstić information content (AvgIpc) is 3.07. The fourth-order valence-corrected chi connectivity index (χ4v) is 3.89. The van der Waals surface area contributed by atoms with Gasteiger partial charge in [0.2, 0.25) is 5.91 Å². The molecule has 0 aliphatic carbocycles. The molecule has 4 rings (SSSR count). The van der Waals surface area contributed by atoms with E-state index in [1.54, 1.807) is 0 Å². The van der Waals surface area contributed by atoms with Crippen LogP contribution >= 0.6 is 0 Å². The summed E-state index contributed by atoms with van der Waals surface area (Å²) in [7, 11) is 0. The van der Waals surface area contributed by atoms with Gasteiger partial charge in [-0.3, -0.25) is 9.59 Å². The average molecular weight is 368 g/mol. The number of nitrogens with one attached hydrogen (secondary N) is 1. The lowest BCUT2D eigenvalue weighted by atomic mass is 10.1. The number of benzene rings is 1. The van der Waals surface area contributed by atoms with E-state index in [1.807, 2.05) is 28.0 Å². The van der Waals surface area contributed by atoms with Crippen molar-refractivity contribution >= 4 is 17.4 Å². The van der Waals surface area contributed by atoms with Gasteiger partial charge in [-0.25, -0.2) is 4.98 Å². The first-order valence-corrected chi connectivity index (χ1v) is 9.48. The molecule has 2 aromatic rings. The third-order valence-corrected chi connectivity index (χ3v) is 5.24. The Hall–Kier alpha value is -2.67. The molecular formula is C20H24N4O3. The summed E-state index contributed by atoms with van der Waals surface area (Å²) in [5.41, 5.74) is 1.94. The van der Waals surface area contributed by atoms with E-state index in [2.05, 4.69) is 23.0 Å². The molecule has 0 radical (unpaired) electrons.